The van der Waals surface area contributed by atoms with Crippen molar-refractivity contribution in [3.63, 3.8) is 0 Å². The van der Waals surface area contributed by atoms with Gasteiger partial charge in [-0.15, -0.1) is 0 Å². The van der Waals surface area contributed by atoms with Crippen LogP contribution in [0.2, 0.25) is 0 Å². The third kappa shape index (κ3) is 19.8. The maximum Gasteiger partial charge on any atom is -0.00513 e. The van der Waals surface area contributed by atoms with Crippen molar-refractivity contribution < 1.29 is 0 Å². The van der Waals surface area contributed by atoms with Gasteiger partial charge < -0.3 is 22.9 Å². The van der Waals surface area contributed by atoms with Crippen molar-refractivity contribution >= 4 is 0 Å². The highest BCUT2D eigenvalue weighted by molar-refractivity contribution is 4.72. The molecule has 1 atom stereocenters. The normalized spacial score (nSPS) is 12.7. The molecule has 0 aliphatic heterocycles. The number of unbranched alkanes of at least 4 members (excludes halogenated alkanes) is 5. The summed E-state index contributed by atoms with van der Waals surface area (Å²) in [5, 5.41) is 0. The predicted molar refractivity (Wildman–Crippen MR) is 96.1 cm³/mol. The fourth-order valence-electron chi connectivity index (χ4n) is 2.52. The Bertz CT molecular complexity index is 187. The average Bonchev–Trinajstić information content (AvgIpc) is 2.42. The fraction of sp³-hybridized carbons (Fsp3) is 1.00. The molecular weight excluding hydrogens is 260 g/mol. The summed E-state index contributed by atoms with van der Waals surface area (Å²) in [7, 11) is 0. The quantitative estimate of drug-likeness (QED) is 0.416. The van der Waals surface area contributed by atoms with Gasteiger partial charge in [0.1, 0.15) is 0 Å². The monoisotopic (exact) mass is 302 g/mol. The van der Waals surface area contributed by atoms with Gasteiger partial charge in [-0.3, -0.25) is 0 Å². The Balaban J connectivity index is 0. The van der Waals surface area contributed by atoms with Gasteiger partial charge in [0.05, 0.1) is 0 Å². The molecule has 0 spiro atoms. The van der Waals surface area contributed by atoms with E-state index in [2.05, 4.69) is 20.8 Å². The summed E-state index contributed by atoms with van der Waals surface area (Å²) in [5.74, 6) is 0.622. The molecule has 0 aliphatic rings. The van der Waals surface area contributed by atoms with Crippen LogP contribution in [-0.2, 0) is 0 Å². The molecule has 8 N–H and O–H groups in total. The van der Waals surface area contributed by atoms with Crippen LogP contribution in [0.15, 0.2) is 0 Å². The van der Waals surface area contributed by atoms with Crippen LogP contribution in [0.3, 0.4) is 0 Å². The standard InChI is InChI=1S/C9H22N2.C8H20N2/c1-8(7-11)6-9(2,3)4-5-10;9-7-5-3-1-2-4-6-8-10/h8H,4-7,10-11H2,1-3H3;1-10H2. The Morgan fingerprint density at radius 3 is 1.48 bits per heavy atom. The van der Waals surface area contributed by atoms with E-state index in [0.717, 1.165) is 32.6 Å². The van der Waals surface area contributed by atoms with E-state index in [4.69, 9.17) is 22.9 Å². The predicted octanol–water partition coefficient (Wildman–Crippen LogP) is 2.59. The van der Waals surface area contributed by atoms with Crippen LogP contribution in [0.5, 0.6) is 0 Å². The maximum absolute atomic E-state index is 5.54. The lowest BCUT2D eigenvalue weighted by Crippen LogP contribution is -2.23. The molecule has 0 heterocycles. The lowest BCUT2D eigenvalue weighted by molar-refractivity contribution is 0.264. The van der Waals surface area contributed by atoms with E-state index in [1.165, 1.54) is 44.9 Å². The zero-order valence-corrected chi connectivity index (χ0v) is 14.9. The Hall–Kier alpha value is -0.160. The number of nitrogens with two attached hydrogens (primary N) is 4. The summed E-state index contributed by atoms with van der Waals surface area (Å²) in [4.78, 5) is 0. The minimum Gasteiger partial charge on any atom is -0.330 e. The highest BCUT2D eigenvalue weighted by Crippen LogP contribution is 2.27. The first-order valence-electron chi connectivity index (χ1n) is 8.73. The average molecular weight is 303 g/mol. The minimum absolute atomic E-state index is 0.369. The summed E-state index contributed by atoms with van der Waals surface area (Å²) in [6.45, 7) is 9.96. The van der Waals surface area contributed by atoms with Crippen molar-refractivity contribution in [2.45, 2.75) is 72.1 Å². The zero-order valence-electron chi connectivity index (χ0n) is 14.9. The van der Waals surface area contributed by atoms with Gasteiger partial charge in [0.25, 0.3) is 0 Å². The van der Waals surface area contributed by atoms with E-state index in [1.54, 1.807) is 0 Å². The van der Waals surface area contributed by atoms with E-state index in [-0.39, 0.29) is 0 Å². The van der Waals surface area contributed by atoms with Crippen molar-refractivity contribution in [3.05, 3.63) is 0 Å². The molecule has 0 saturated carbocycles. The third-order valence-corrected chi connectivity index (χ3v) is 3.78. The van der Waals surface area contributed by atoms with Gasteiger partial charge in [-0.25, -0.2) is 0 Å². The van der Waals surface area contributed by atoms with Gasteiger partial charge in [0, 0.05) is 0 Å². The smallest absolute Gasteiger partial charge is 0.00513 e. The third-order valence-electron chi connectivity index (χ3n) is 3.78. The van der Waals surface area contributed by atoms with Crippen LogP contribution in [0, 0.1) is 11.3 Å². The van der Waals surface area contributed by atoms with Crippen molar-refractivity contribution in [1.29, 1.82) is 0 Å². The van der Waals surface area contributed by atoms with Crippen molar-refractivity contribution in [2.24, 2.45) is 34.3 Å². The lowest BCUT2D eigenvalue weighted by Gasteiger charge is -2.26. The molecule has 0 radical (unpaired) electrons. The molecule has 0 rings (SSSR count). The van der Waals surface area contributed by atoms with Gasteiger partial charge in [0.15, 0.2) is 0 Å². The summed E-state index contributed by atoms with van der Waals surface area (Å²) in [6.07, 6.45) is 9.89. The fourth-order valence-corrected chi connectivity index (χ4v) is 2.52. The van der Waals surface area contributed by atoms with Crippen LogP contribution in [0.4, 0.5) is 0 Å². The number of hydrogen-bond acceptors (Lipinski definition) is 4. The summed E-state index contributed by atoms with van der Waals surface area (Å²) in [5.41, 5.74) is 22.1. The van der Waals surface area contributed by atoms with E-state index in [9.17, 15) is 0 Å². The van der Waals surface area contributed by atoms with Crippen molar-refractivity contribution in [3.8, 4) is 0 Å². The largest absolute Gasteiger partial charge is 0.330 e. The Labute approximate surface area is 133 Å². The van der Waals surface area contributed by atoms with Crippen LogP contribution < -0.4 is 22.9 Å². The highest BCUT2D eigenvalue weighted by Gasteiger charge is 2.19. The van der Waals surface area contributed by atoms with Crippen LogP contribution in [0.1, 0.15) is 72.1 Å². The second kappa shape index (κ2) is 16.2. The molecule has 0 aliphatic carbocycles. The molecule has 0 saturated heterocycles. The number of rotatable bonds is 12. The first-order valence-corrected chi connectivity index (χ1v) is 8.73. The van der Waals surface area contributed by atoms with Crippen molar-refractivity contribution in [2.75, 3.05) is 26.2 Å². The van der Waals surface area contributed by atoms with Crippen molar-refractivity contribution in [1.82, 2.24) is 0 Å². The van der Waals surface area contributed by atoms with Gasteiger partial charge in [-0.2, -0.15) is 0 Å². The molecule has 0 aromatic rings. The Morgan fingerprint density at radius 1 is 0.714 bits per heavy atom. The molecule has 0 aromatic carbocycles. The zero-order chi connectivity index (χ0) is 16.6. The maximum atomic E-state index is 5.54. The Kier molecular flexibility index (Phi) is 17.8. The molecule has 130 valence electrons. The van der Waals surface area contributed by atoms with Crippen LogP contribution >= 0.6 is 0 Å². The van der Waals surface area contributed by atoms with Gasteiger partial charge in [-0.1, -0.05) is 46.5 Å². The first kappa shape index (κ1) is 23.1. The highest BCUT2D eigenvalue weighted by atomic mass is 14.6. The first-order chi connectivity index (χ1) is 9.93. The van der Waals surface area contributed by atoms with Gasteiger partial charge in [-0.05, 0) is 63.2 Å². The SMILES string of the molecule is CC(CN)CC(C)(C)CCN.NCCCCCCCCN. The molecule has 0 bridgehead atoms. The molecule has 0 aromatic heterocycles. The van der Waals surface area contributed by atoms with E-state index >= 15 is 0 Å². The van der Waals surface area contributed by atoms with Gasteiger partial charge >= 0.3 is 0 Å². The molecule has 4 heteroatoms. The van der Waals surface area contributed by atoms with E-state index in [1.807, 2.05) is 0 Å². The van der Waals surface area contributed by atoms with Crippen LogP contribution in [0.25, 0.3) is 0 Å². The topological polar surface area (TPSA) is 104 Å². The molecule has 1 unspecified atom stereocenters. The molecule has 21 heavy (non-hydrogen) atoms. The second-order valence-corrected chi connectivity index (χ2v) is 6.95. The minimum atomic E-state index is 0.369. The summed E-state index contributed by atoms with van der Waals surface area (Å²) >= 11 is 0. The molecule has 0 fully saturated rings. The molecular formula is C17H42N4. The van der Waals surface area contributed by atoms with Gasteiger partial charge in [0.2, 0.25) is 0 Å². The summed E-state index contributed by atoms with van der Waals surface area (Å²) in [6, 6.07) is 0. The summed E-state index contributed by atoms with van der Waals surface area (Å²) < 4.78 is 0. The number of hydrogen-bond donors (Lipinski definition) is 4. The second-order valence-electron chi connectivity index (χ2n) is 6.95. The Morgan fingerprint density at radius 2 is 1.14 bits per heavy atom. The van der Waals surface area contributed by atoms with E-state index < -0.39 is 0 Å². The lowest BCUT2D eigenvalue weighted by atomic mass is 9.81. The molecule has 4 nitrogen and oxygen atoms in total. The van der Waals surface area contributed by atoms with Crippen LogP contribution in [-0.4, -0.2) is 26.2 Å². The molecule has 0 amide bonds. The van der Waals surface area contributed by atoms with E-state index in [0.29, 0.717) is 11.3 Å².